The smallest absolute Gasteiger partial charge is 0.320 e. The zero-order valence-electron chi connectivity index (χ0n) is 25.7. The highest BCUT2D eigenvalue weighted by Crippen LogP contribution is 2.35. The van der Waals surface area contributed by atoms with Gasteiger partial charge in [-0.15, -0.1) is 0 Å². The first-order chi connectivity index (χ1) is 20.8. The summed E-state index contributed by atoms with van der Waals surface area (Å²) in [6, 6.07) is 6.84. The molecule has 0 aliphatic carbocycles. The Kier molecular flexibility index (Phi) is 12.0. The highest BCUT2D eigenvalue weighted by Gasteiger charge is 2.34. The summed E-state index contributed by atoms with van der Waals surface area (Å²) in [7, 11) is -0.801. The number of unbranched alkanes of at least 4 members (excludes halogenated alkanes) is 2. The zero-order chi connectivity index (χ0) is 30.8. The number of hydrogen-bond acceptors (Lipinski definition) is 11. The predicted octanol–water partition coefficient (Wildman–Crippen LogP) is 2.86. The van der Waals surface area contributed by atoms with Crippen LogP contribution in [0.5, 0.6) is 6.01 Å². The molecule has 13 heteroatoms. The van der Waals surface area contributed by atoms with E-state index in [9.17, 15) is 13.2 Å². The average molecular weight is 619 g/mol. The number of methoxy groups -OCH3 is 2. The van der Waals surface area contributed by atoms with Crippen molar-refractivity contribution in [2.45, 2.75) is 69.4 Å². The molecule has 2 N–H and O–H groups in total. The van der Waals surface area contributed by atoms with Gasteiger partial charge >= 0.3 is 12.0 Å². The van der Waals surface area contributed by atoms with Crippen molar-refractivity contribution in [2.24, 2.45) is 0 Å². The van der Waals surface area contributed by atoms with Gasteiger partial charge in [0.2, 0.25) is 10.0 Å². The molecule has 12 nitrogen and oxygen atoms in total. The van der Waals surface area contributed by atoms with Crippen molar-refractivity contribution in [3.63, 3.8) is 0 Å². The van der Waals surface area contributed by atoms with Gasteiger partial charge in [0.1, 0.15) is 17.9 Å². The van der Waals surface area contributed by atoms with Crippen LogP contribution in [0.1, 0.15) is 56.6 Å². The maximum atomic E-state index is 13.9. The molecule has 0 radical (unpaired) electrons. The SMILES string of the molecule is CCCCOc1nc(N)c2c(n1)N(CCCCN(CCN1CCCC1)S(=O)(=O)c1cccc(CC(=O)OC)c1)C(OC)C2. The first-order valence-corrected chi connectivity index (χ1v) is 16.7. The van der Waals surface area contributed by atoms with Gasteiger partial charge in [0.05, 0.1) is 25.0 Å². The number of benzene rings is 1. The van der Waals surface area contributed by atoms with Gasteiger partial charge in [0.25, 0.3) is 0 Å². The van der Waals surface area contributed by atoms with Crippen molar-refractivity contribution in [1.29, 1.82) is 0 Å². The second-order valence-corrected chi connectivity index (χ2v) is 13.0. The summed E-state index contributed by atoms with van der Waals surface area (Å²) in [6.45, 7) is 6.66. The fourth-order valence-electron chi connectivity index (χ4n) is 5.54. The Morgan fingerprint density at radius 2 is 1.88 bits per heavy atom. The molecule has 1 aromatic carbocycles. The number of anilines is 2. The van der Waals surface area contributed by atoms with Crippen LogP contribution >= 0.6 is 0 Å². The third-order valence-corrected chi connectivity index (χ3v) is 9.92. The summed E-state index contributed by atoms with van der Waals surface area (Å²) in [6.07, 6.45) is 5.90. The van der Waals surface area contributed by atoms with E-state index in [1.165, 1.54) is 7.11 Å². The van der Waals surface area contributed by atoms with E-state index >= 15 is 0 Å². The molecule has 1 saturated heterocycles. The Labute approximate surface area is 255 Å². The molecule has 0 saturated carbocycles. The van der Waals surface area contributed by atoms with Gasteiger partial charge in [-0.05, 0) is 62.9 Å². The molecule has 43 heavy (non-hydrogen) atoms. The molecule has 2 aromatic rings. The van der Waals surface area contributed by atoms with Gasteiger partial charge in [-0.1, -0.05) is 25.5 Å². The van der Waals surface area contributed by atoms with E-state index in [1.807, 2.05) is 0 Å². The van der Waals surface area contributed by atoms with Crippen molar-refractivity contribution < 1.29 is 27.4 Å². The quantitative estimate of drug-likeness (QED) is 0.207. The molecule has 1 atom stereocenters. The van der Waals surface area contributed by atoms with Crippen LogP contribution in [0.15, 0.2) is 29.2 Å². The van der Waals surface area contributed by atoms with Gasteiger partial charge in [0, 0.05) is 45.3 Å². The van der Waals surface area contributed by atoms with Gasteiger partial charge in [0.15, 0.2) is 0 Å². The van der Waals surface area contributed by atoms with E-state index in [4.69, 9.17) is 19.9 Å². The number of likely N-dealkylation sites (tertiary alicyclic amines) is 1. The minimum atomic E-state index is -3.78. The highest BCUT2D eigenvalue weighted by atomic mass is 32.2. The Morgan fingerprint density at radius 3 is 2.60 bits per heavy atom. The molecule has 2 aliphatic heterocycles. The second-order valence-electron chi connectivity index (χ2n) is 11.0. The van der Waals surface area contributed by atoms with Crippen LogP contribution in [0.2, 0.25) is 0 Å². The summed E-state index contributed by atoms with van der Waals surface area (Å²) >= 11 is 0. The fourth-order valence-corrected chi connectivity index (χ4v) is 7.08. The number of ether oxygens (including phenoxy) is 3. The molecule has 0 spiro atoms. The normalized spacial score (nSPS) is 17.0. The van der Waals surface area contributed by atoms with E-state index < -0.39 is 16.0 Å². The van der Waals surface area contributed by atoms with Crippen molar-refractivity contribution in [1.82, 2.24) is 19.2 Å². The van der Waals surface area contributed by atoms with Crippen LogP contribution in [-0.2, 0) is 37.1 Å². The van der Waals surface area contributed by atoms with E-state index in [-0.39, 0.29) is 23.6 Å². The summed E-state index contributed by atoms with van der Waals surface area (Å²) < 4.78 is 45.5. The number of carbonyl (C=O) groups is 1. The van der Waals surface area contributed by atoms with Gasteiger partial charge in [-0.3, -0.25) is 4.79 Å². The number of fused-ring (bicyclic) bond motifs is 1. The third kappa shape index (κ3) is 8.55. The van der Waals surface area contributed by atoms with Gasteiger partial charge in [-0.2, -0.15) is 14.3 Å². The number of nitrogens with zero attached hydrogens (tertiary/aromatic N) is 5. The summed E-state index contributed by atoms with van der Waals surface area (Å²) in [5.41, 5.74) is 7.71. The Morgan fingerprint density at radius 1 is 1.09 bits per heavy atom. The number of hydrogen-bond donors (Lipinski definition) is 1. The van der Waals surface area contributed by atoms with Crippen molar-refractivity contribution in [3.8, 4) is 6.01 Å². The van der Waals surface area contributed by atoms with Crippen molar-refractivity contribution in [3.05, 3.63) is 35.4 Å². The van der Waals surface area contributed by atoms with E-state index in [1.54, 1.807) is 35.7 Å². The Hall–Kier alpha value is -3.00. The van der Waals surface area contributed by atoms with Crippen LogP contribution in [-0.4, -0.2) is 99.9 Å². The van der Waals surface area contributed by atoms with Crippen LogP contribution in [0.25, 0.3) is 0 Å². The van der Waals surface area contributed by atoms with Gasteiger partial charge in [-0.25, -0.2) is 8.42 Å². The Bertz CT molecular complexity index is 1320. The standard InChI is InChI=1S/C30H46N6O6S/c1-4-5-19-42-30-32-28(31)25-22-26(40-2)36(29(25)33-30)16-9-8-15-35(18-17-34-13-6-7-14-34)43(38,39)24-12-10-11-23(20-24)21-27(37)41-3/h10-12,20,26H,4-9,13-19,21-22H2,1-3H3,(H2,31,32,33). The maximum Gasteiger partial charge on any atom is 0.320 e. The lowest BCUT2D eigenvalue weighted by Crippen LogP contribution is -2.39. The fraction of sp³-hybridized carbons (Fsp3) is 0.633. The first-order valence-electron chi connectivity index (χ1n) is 15.2. The number of esters is 1. The molecule has 4 rings (SSSR count). The second kappa shape index (κ2) is 15.6. The lowest BCUT2D eigenvalue weighted by molar-refractivity contribution is -0.139. The molecule has 0 amide bonds. The topological polar surface area (TPSA) is 140 Å². The molecule has 1 fully saturated rings. The first kappa shape index (κ1) is 32.9. The zero-order valence-corrected chi connectivity index (χ0v) is 26.5. The number of rotatable bonds is 17. The molecule has 1 unspecified atom stereocenters. The number of nitrogens with two attached hydrogens (primary N) is 1. The van der Waals surface area contributed by atoms with E-state index in [0.29, 0.717) is 69.2 Å². The van der Waals surface area contributed by atoms with Crippen molar-refractivity contribution in [2.75, 3.05) is 70.7 Å². The molecule has 1 aromatic heterocycles. The summed E-state index contributed by atoms with van der Waals surface area (Å²) in [5.74, 6) is 0.700. The monoisotopic (exact) mass is 618 g/mol. The minimum Gasteiger partial charge on any atom is -0.469 e. The van der Waals surface area contributed by atoms with Crippen LogP contribution < -0.4 is 15.4 Å². The molecule has 3 heterocycles. The molecular formula is C30H46N6O6S. The largest absolute Gasteiger partial charge is 0.469 e. The number of carbonyl (C=O) groups excluding carboxylic acids is 1. The van der Waals surface area contributed by atoms with Crippen molar-refractivity contribution >= 4 is 27.6 Å². The molecule has 0 bridgehead atoms. The highest BCUT2D eigenvalue weighted by molar-refractivity contribution is 7.89. The predicted molar refractivity (Wildman–Crippen MR) is 165 cm³/mol. The van der Waals surface area contributed by atoms with Crippen LogP contribution in [0, 0.1) is 0 Å². The molecular weight excluding hydrogens is 572 g/mol. The Balaban J connectivity index is 1.44. The molecule has 2 aliphatic rings. The average Bonchev–Trinajstić information content (AvgIpc) is 3.65. The van der Waals surface area contributed by atoms with E-state index in [0.717, 1.165) is 44.3 Å². The minimum absolute atomic E-state index is 0.0189. The number of nitrogen functional groups attached to an aromatic ring is 1. The third-order valence-electron chi connectivity index (χ3n) is 8.03. The lowest BCUT2D eigenvalue weighted by atomic mass is 10.1. The van der Waals surface area contributed by atoms with Gasteiger partial charge < -0.3 is 29.7 Å². The van der Waals surface area contributed by atoms with Crippen LogP contribution in [0.3, 0.4) is 0 Å². The number of aromatic nitrogens is 2. The van der Waals surface area contributed by atoms with Crippen LogP contribution in [0.4, 0.5) is 11.6 Å². The van der Waals surface area contributed by atoms with E-state index in [2.05, 4.69) is 26.7 Å². The summed E-state index contributed by atoms with van der Waals surface area (Å²) in [4.78, 5) is 25.4. The summed E-state index contributed by atoms with van der Waals surface area (Å²) in [5, 5.41) is 0. The lowest BCUT2D eigenvalue weighted by Gasteiger charge is -2.27. The molecule has 238 valence electrons. The maximum absolute atomic E-state index is 13.9. The number of sulfonamides is 1.